The first-order chi connectivity index (χ1) is 9.56. The van der Waals surface area contributed by atoms with Crippen LogP contribution in [0.25, 0.3) is 0 Å². The largest absolute Gasteiger partial charge is 0.478 e. The van der Waals surface area contributed by atoms with Gasteiger partial charge in [-0.1, -0.05) is 22.0 Å². The van der Waals surface area contributed by atoms with Gasteiger partial charge in [-0.3, -0.25) is 4.79 Å². The Labute approximate surface area is 128 Å². The van der Waals surface area contributed by atoms with Crippen molar-refractivity contribution in [3.63, 3.8) is 0 Å². The van der Waals surface area contributed by atoms with E-state index in [1.165, 1.54) is 6.07 Å². The van der Waals surface area contributed by atoms with E-state index in [0.29, 0.717) is 23.0 Å². The number of amides is 1. The summed E-state index contributed by atoms with van der Waals surface area (Å²) in [7, 11) is 0. The number of nitrogens with one attached hydrogen (secondary N) is 1. The Morgan fingerprint density at radius 3 is 2.75 bits per heavy atom. The van der Waals surface area contributed by atoms with Gasteiger partial charge >= 0.3 is 5.97 Å². The van der Waals surface area contributed by atoms with Gasteiger partial charge in [0.2, 0.25) is 5.91 Å². The second-order valence-corrected chi connectivity index (χ2v) is 6.07. The van der Waals surface area contributed by atoms with E-state index >= 15 is 0 Å². The molecule has 6 heteroatoms. The molecule has 0 saturated carbocycles. The molecule has 20 heavy (non-hydrogen) atoms. The molecule has 0 bridgehead atoms. The molecule has 0 unspecified atom stereocenters. The first-order valence-corrected chi connectivity index (χ1v) is 7.58. The monoisotopic (exact) mass is 353 g/mol. The van der Waals surface area contributed by atoms with Gasteiger partial charge in [0.25, 0.3) is 0 Å². The summed E-state index contributed by atoms with van der Waals surface area (Å²) >= 11 is 4.81. The zero-order chi connectivity index (χ0) is 14.5. The molecule has 2 N–H and O–H groups in total. The smallest absolute Gasteiger partial charge is 0.337 e. The van der Waals surface area contributed by atoms with Gasteiger partial charge in [-0.05, 0) is 36.1 Å². The average molecular weight is 354 g/mol. The fourth-order valence-electron chi connectivity index (χ4n) is 1.71. The number of thiophene rings is 1. The Balaban J connectivity index is 2.02. The molecule has 0 saturated heterocycles. The number of anilines is 1. The third kappa shape index (κ3) is 3.91. The number of hydrogen-bond acceptors (Lipinski definition) is 3. The first kappa shape index (κ1) is 14.7. The fourth-order valence-corrected chi connectivity index (χ4v) is 2.78. The van der Waals surface area contributed by atoms with Crippen LogP contribution in [0.3, 0.4) is 0 Å². The number of aromatic carboxylic acids is 1. The molecule has 0 aliphatic carbocycles. The molecule has 1 amide bonds. The Kier molecular flexibility index (Phi) is 4.92. The van der Waals surface area contributed by atoms with Crippen molar-refractivity contribution in [2.45, 2.75) is 12.8 Å². The number of carbonyl (C=O) groups is 2. The second-order valence-electron chi connectivity index (χ2n) is 4.12. The van der Waals surface area contributed by atoms with Crippen molar-refractivity contribution >= 4 is 44.8 Å². The summed E-state index contributed by atoms with van der Waals surface area (Å²) in [5.41, 5.74) is 0.390. The minimum Gasteiger partial charge on any atom is -0.478 e. The van der Waals surface area contributed by atoms with Gasteiger partial charge in [0.05, 0.1) is 11.3 Å². The van der Waals surface area contributed by atoms with Crippen LogP contribution in [0.5, 0.6) is 0 Å². The Morgan fingerprint density at radius 2 is 2.10 bits per heavy atom. The van der Waals surface area contributed by atoms with Gasteiger partial charge in [-0.15, -0.1) is 11.3 Å². The number of halogens is 1. The maximum Gasteiger partial charge on any atom is 0.337 e. The maximum atomic E-state index is 11.9. The SMILES string of the molecule is O=C(CCc1cccs1)Nc1ccc(Br)cc1C(=O)O. The molecule has 2 rings (SSSR count). The zero-order valence-electron chi connectivity index (χ0n) is 10.4. The summed E-state index contributed by atoms with van der Waals surface area (Å²) in [6.07, 6.45) is 0.984. The molecular formula is C14H12BrNO3S. The molecule has 1 heterocycles. The number of aryl methyl sites for hydroxylation is 1. The highest BCUT2D eigenvalue weighted by molar-refractivity contribution is 9.10. The summed E-state index contributed by atoms with van der Waals surface area (Å²) < 4.78 is 0.659. The first-order valence-electron chi connectivity index (χ1n) is 5.91. The van der Waals surface area contributed by atoms with E-state index in [1.54, 1.807) is 23.5 Å². The van der Waals surface area contributed by atoms with Gasteiger partial charge in [-0.25, -0.2) is 4.79 Å². The summed E-state index contributed by atoms with van der Waals surface area (Å²) in [6, 6.07) is 8.66. The van der Waals surface area contributed by atoms with Gasteiger partial charge in [-0.2, -0.15) is 0 Å². The van der Waals surface area contributed by atoms with Crippen LogP contribution in [0.2, 0.25) is 0 Å². The molecule has 0 aliphatic heterocycles. The summed E-state index contributed by atoms with van der Waals surface area (Å²) in [6.45, 7) is 0. The highest BCUT2D eigenvalue weighted by Gasteiger charge is 2.13. The van der Waals surface area contributed by atoms with Crippen molar-refractivity contribution < 1.29 is 14.7 Å². The highest BCUT2D eigenvalue weighted by Crippen LogP contribution is 2.21. The summed E-state index contributed by atoms with van der Waals surface area (Å²) in [5, 5.41) is 13.7. The van der Waals surface area contributed by atoms with Crippen molar-refractivity contribution in [1.82, 2.24) is 0 Å². The number of carboxylic acids is 1. The van der Waals surface area contributed by atoms with E-state index in [4.69, 9.17) is 5.11 Å². The minimum absolute atomic E-state index is 0.0730. The van der Waals surface area contributed by atoms with Crippen molar-refractivity contribution in [2.24, 2.45) is 0 Å². The van der Waals surface area contributed by atoms with Gasteiger partial charge in [0, 0.05) is 15.8 Å². The quantitative estimate of drug-likeness (QED) is 0.859. The predicted molar refractivity (Wildman–Crippen MR) is 82.4 cm³/mol. The number of carboxylic acid groups (broad SMARTS) is 1. The van der Waals surface area contributed by atoms with Crippen molar-refractivity contribution in [1.29, 1.82) is 0 Å². The topological polar surface area (TPSA) is 66.4 Å². The third-order valence-electron chi connectivity index (χ3n) is 2.66. The molecule has 0 atom stereocenters. The van der Waals surface area contributed by atoms with Crippen LogP contribution in [0.1, 0.15) is 21.7 Å². The highest BCUT2D eigenvalue weighted by atomic mass is 79.9. The molecule has 0 spiro atoms. The van der Waals surface area contributed by atoms with E-state index in [1.807, 2.05) is 17.5 Å². The maximum absolute atomic E-state index is 11.9. The fraction of sp³-hybridized carbons (Fsp3) is 0.143. The van der Waals surface area contributed by atoms with Crippen LogP contribution in [0, 0.1) is 0 Å². The predicted octanol–water partition coefficient (Wildman–Crippen LogP) is 3.78. The molecule has 0 aliphatic rings. The lowest BCUT2D eigenvalue weighted by Crippen LogP contribution is -2.15. The van der Waals surface area contributed by atoms with Gasteiger partial charge in [0.15, 0.2) is 0 Å². The van der Waals surface area contributed by atoms with E-state index in [0.717, 1.165) is 4.88 Å². The molecule has 0 fully saturated rings. The van der Waals surface area contributed by atoms with Crippen LogP contribution in [-0.4, -0.2) is 17.0 Å². The van der Waals surface area contributed by atoms with E-state index in [2.05, 4.69) is 21.2 Å². The number of carbonyl (C=O) groups excluding carboxylic acids is 1. The lowest BCUT2D eigenvalue weighted by molar-refractivity contribution is -0.116. The van der Waals surface area contributed by atoms with Crippen molar-refractivity contribution in [2.75, 3.05) is 5.32 Å². The van der Waals surface area contributed by atoms with Crippen molar-refractivity contribution in [3.05, 3.63) is 50.6 Å². The van der Waals surface area contributed by atoms with Gasteiger partial charge < -0.3 is 10.4 Å². The molecule has 2 aromatic rings. The number of benzene rings is 1. The zero-order valence-corrected chi connectivity index (χ0v) is 12.8. The number of rotatable bonds is 5. The van der Waals surface area contributed by atoms with Crippen LogP contribution < -0.4 is 5.32 Å². The Hall–Kier alpha value is -1.66. The van der Waals surface area contributed by atoms with E-state index in [9.17, 15) is 9.59 Å². The average Bonchev–Trinajstić information content (AvgIpc) is 2.91. The molecule has 1 aromatic carbocycles. The molecular weight excluding hydrogens is 342 g/mol. The lowest BCUT2D eigenvalue weighted by Gasteiger charge is -2.08. The van der Waals surface area contributed by atoms with Crippen LogP contribution >= 0.6 is 27.3 Å². The number of hydrogen-bond donors (Lipinski definition) is 2. The molecule has 1 aromatic heterocycles. The standard InChI is InChI=1S/C14H12BrNO3S/c15-9-3-5-12(11(8-9)14(18)19)16-13(17)6-4-10-2-1-7-20-10/h1-3,5,7-8H,4,6H2,(H,16,17)(H,18,19). The summed E-state index contributed by atoms with van der Waals surface area (Å²) in [5.74, 6) is -1.26. The minimum atomic E-state index is -1.07. The normalized spacial score (nSPS) is 10.2. The Bertz CT molecular complexity index is 625. The second kappa shape index (κ2) is 6.67. The van der Waals surface area contributed by atoms with Crippen LogP contribution in [0.15, 0.2) is 40.2 Å². The summed E-state index contributed by atoms with van der Waals surface area (Å²) in [4.78, 5) is 24.1. The van der Waals surface area contributed by atoms with E-state index in [-0.39, 0.29) is 11.5 Å². The van der Waals surface area contributed by atoms with Crippen molar-refractivity contribution in [3.8, 4) is 0 Å². The molecule has 104 valence electrons. The molecule has 4 nitrogen and oxygen atoms in total. The van der Waals surface area contributed by atoms with Gasteiger partial charge in [0.1, 0.15) is 0 Å². The van der Waals surface area contributed by atoms with Crippen LogP contribution in [0.4, 0.5) is 5.69 Å². The Morgan fingerprint density at radius 1 is 1.30 bits per heavy atom. The lowest BCUT2D eigenvalue weighted by atomic mass is 10.1. The third-order valence-corrected chi connectivity index (χ3v) is 4.09. The van der Waals surface area contributed by atoms with Crippen LogP contribution in [-0.2, 0) is 11.2 Å². The molecule has 0 radical (unpaired) electrons. The van der Waals surface area contributed by atoms with E-state index < -0.39 is 5.97 Å².